The van der Waals surface area contributed by atoms with E-state index in [9.17, 15) is 10.1 Å². The summed E-state index contributed by atoms with van der Waals surface area (Å²) in [6, 6.07) is 6.78. The molecule has 0 spiro atoms. The van der Waals surface area contributed by atoms with Gasteiger partial charge < -0.3 is 14.7 Å². The van der Waals surface area contributed by atoms with Crippen molar-refractivity contribution < 1.29 is 14.8 Å². The fourth-order valence-corrected chi connectivity index (χ4v) is 2.59. The van der Waals surface area contributed by atoms with E-state index in [0.717, 1.165) is 44.5 Å². The number of nitro benzene ring substituents is 1. The van der Waals surface area contributed by atoms with E-state index in [-0.39, 0.29) is 23.3 Å². The molecule has 0 saturated carbocycles. The number of likely N-dealkylation sites (tertiary alicyclic amines) is 1. The predicted molar refractivity (Wildman–Crippen MR) is 79.3 cm³/mol. The minimum absolute atomic E-state index is 0.0837. The molecular formula is C15H22N2O4. The van der Waals surface area contributed by atoms with Crippen molar-refractivity contribution in [2.75, 3.05) is 32.8 Å². The third-order valence-electron chi connectivity index (χ3n) is 3.84. The zero-order valence-electron chi connectivity index (χ0n) is 12.1. The number of aliphatic hydroxyl groups is 1. The van der Waals surface area contributed by atoms with E-state index in [1.54, 1.807) is 12.1 Å². The zero-order valence-corrected chi connectivity index (χ0v) is 12.1. The topological polar surface area (TPSA) is 75.8 Å². The summed E-state index contributed by atoms with van der Waals surface area (Å²) in [5, 5.41) is 19.3. The quantitative estimate of drug-likeness (QED) is 0.611. The average Bonchev–Trinajstić information content (AvgIpc) is 2.52. The molecule has 1 heterocycles. The van der Waals surface area contributed by atoms with Gasteiger partial charge in [-0.05, 0) is 24.8 Å². The van der Waals surface area contributed by atoms with Gasteiger partial charge in [-0.1, -0.05) is 12.1 Å². The van der Waals surface area contributed by atoms with Gasteiger partial charge in [0.2, 0.25) is 0 Å². The first-order valence-electron chi connectivity index (χ1n) is 7.37. The van der Waals surface area contributed by atoms with Gasteiger partial charge in [0.25, 0.3) is 5.69 Å². The summed E-state index contributed by atoms with van der Waals surface area (Å²) in [6.45, 7) is 3.48. The van der Waals surface area contributed by atoms with E-state index < -0.39 is 0 Å². The Kier molecular flexibility index (Phi) is 6.10. The SMILES string of the molecule is O=[N+]([O-])c1ccc(CCN2CCC(OCCO)CC2)cc1. The van der Waals surface area contributed by atoms with Gasteiger partial charge in [-0.3, -0.25) is 10.1 Å². The van der Waals surface area contributed by atoms with Crippen LogP contribution in [0.5, 0.6) is 0 Å². The molecule has 0 aliphatic carbocycles. The first-order valence-corrected chi connectivity index (χ1v) is 7.37. The van der Waals surface area contributed by atoms with E-state index in [0.29, 0.717) is 6.61 Å². The predicted octanol–water partition coefficient (Wildman–Crippen LogP) is 1.61. The van der Waals surface area contributed by atoms with Gasteiger partial charge in [-0.25, -0.2) is 0 Å². The number of piperidine rings is 1. The van der Waals surface area contributed by atoms with Crippen LogP contribution in [0.4, 0.5) is 5.69 Å². The highest BCUT2D eigenvalue weighted by Crippen LogP contribution is 2.16. The molecule has 1 aliphatic rings. The molecule has 6 heteroatoms. The van der Waals surface area contributed by atoms with Crippen molar-refractivity contribution in [3.63, 3.8) is 0 Å². The first kappa shape index (κ1) is 15.9. The highest BCUT2D eigenvalue weighted by Gasteiger charge is 2.19. The van der Waals surface area contributed by atoms with Crippen molar-refractivity contribution in [3.05, 3.63) is 39.9 Å². The summed E-state index contributed by atoms with van der Waals surface area (Å²) in [7, 11) is 0. The standard InChI is InChI=1S/C15H22N2O4/c18-11-12-21-15-6-9-16(10-7-15)8-5-13-1-3-14(4-2-13)17(19)20/h1-4,15,18H,5-12H2. The smallest absolute Gasteiger partial charge is 0.269 e. The molecule has 1 aromatic carbocycles. The van der Waals surface area contributed by atoms with Crippen LogP contribution in [-0.2, 0) is 11.2 Å². The maximum absolute atomic E-state index is 10.6. The van der Waals surface area contributed by atoms with Crippen LogP contribution >= 0.6 is 0 Å². The van der Waals surface area contributed by atoms with Crippen molar-refractivity contribution in [1.29, 1.82) is 0 Å². The van der Waals surface area contributed by atoms with E-state index in [1.165, 1.54) is 0 Å². The maximum atomic E-state index is 10.6. The molecule has 1 aromatic rings. The molecule has 0 amide bonds. The second-order valence-electron chi connectivity index (χ2n) is 5.31. The minimum Gasteiger partial charge on any atom is -0.394 e. The van der Waals surface area contributed by atoms with Crippen molar-refractivity contribution in [2.24, 2.45) is 0 Å². The Morgan fingerprint density at radius 2 is 1.95 bits per heavy atom. The molecule has 0 bridgehead atoms. The molecule has 21 heavy (non-hydrogen) atoms. The van der Waals surface area contributed by atoms with Gasteiger partial charge >= 0.3 is 0 Å². The van der Waals surface area contributed by atoms with Crippen molar-refractivity contribution in [1.82, 2.24) is 4.90 Å². The Balaban J connectivity index is 1.70. The molecule has 1 aliphatic heterocycles. The van der Waals surface area contributed by atoms with Crippen LogP contribution in [0, 0.1) is 10.1 Å². The number of benzene rings is 1. The van der Waals surface area contributed by atoms with E-state index in [2.05, 4.69) is 4.90 Å². The minimum atomic E-state index is -0.374. The van der Waals surface area contributed by atoms with Gasteiger partial charge in [0, 0.05) is 31.8 Å². The summed E-state index contributed by atoms with van der Waals surface area (Å²) in [6.07, 6.45) is 3.17. The lowest BCUT2D eigenvalue weighted by Crippen LogP contribution is -2.38. The molecule has 1 saturated heterocycles. The van der Waals surface area contributed by atoms with Crippen molar-refractivity contribution in [2.45, 2.75) is 25.4 Å². The van der Waals surface area contributed by atoms with Gasteiger partial charge in [0.15, 0.2) is 0 Å². The largest absolute Gasteiger partial charge is 0.394 e. The molecule has 2 rings (SSSR count). The highest BCUT2D eigenvalue weighted by atomic mass is 16.6. The number of hydrogen-bond donors (Lipinski definition) is 1. The average molecular weight is 294 g/mol. The van der Waals surface area contributed by atoms with Crippen LogP contribution in [-0.4, -0.2) is 53.9 Å². The Hall–Kier alpha value is -1.50. The summed E-state index contributed by atoms with van der Waals surface area (Å²) in [4.78, 5) is 12.6. The third-order valence-corrected chi connectivity index (χ3v) is 3.84. The van der Waals surface area contributed by atoms with Crippen LogP contribution in [0.3, 0.4) is 0 Å². The Morgan fingerprint density at radius 1 is 1.29 bits per heavy atom. The third kappa shape index (κ3) is 5.08. The Labute approximate surface area is 124 Å². The Bertz CT molecular complexity index is 441. The maximum Gasteiger partial charge on any atom is 0.269 e. The van der Waals surface area contributed by atoms with Gasteiger partial charge in [-0.15, -0.1) is 0 Å². The second-order valence-corrected chi connectivity index (χ2v) is 5.31. The van der Waals surface area contributed by atoms with Gasteiger partial charge in [0.05, 0.1) is 24.2 Å². The zero-order chi connectivity index (χ0) is 15.1. The van der Waals surface area contributed by atoms with E-state index >= 15 is 0 Å². The summed E-state index contributed by atoms with van der Waals surface area (Å²) in [5.74, 6) is 0. The molecule has 6 nitrogen and oxygen atoms in total. The normalized spacial score (nSPS) is 17.0. The lowest BCUT2D eigenvalue weighted by atomic mass is 10.1. The van der Waals surface area contributed by atoms with E-state index in [1.807, 2.05) is 12.1 Å². The molecule has 116 valence electrons. The van der Waals surface area contributed by atoms with Crippen LogP contribution in [0.1, 0.15) is 18.4 Å². The van der Waals surface area contributed by atoms with Crippen LogP contribution in [0.25, 0.3) is 0 Å². The van der Waals surface area contributed by atoms with Gasteiger partial charge in [0.1, 0.15) is 0 Å². The number of nitro groups is 1. The fourth-order valence-electron chi connectivity index (χ4n) is 2.59. The molecule has 1 N–H and O–H groups in total. The lowest BCUT2D eigenvalue weighted by Gasteiger charge is -2.31. The van der Waals surface area contributed by atoms with E-state index in [4.69, 9.17) is 9.84 Å². The Morgan fingerprint density at radius 3 is 2.52 bits per heavy atom. The van der Waals surface area contributed by atoms with Crippen molar-refractivity contribution in [3.8, 4) is 0 Å². The monoisotopic (exact) mass is 294 g/mol. The lowest BCUT2D eigenvalue weighted by molar-refractivity contribution is -0.384. The molecule has 0 radical (unpaired) electrons. The molecule has 0 atom stereocenters. The van der Waals surface area contributed by atoms with Crippen LogP contribution in [0.15, 0.2) is 24.3 Å². The van der Waals surface area contributed by atoms with Crippen LogP contribution in [0.2, 0.25) is 0 Å². The molecule has 0 aromatic heterocycles. The fraction of sp³-hybridized carbons (Fsp3) is 0.600. The number of ether oxygens (including phenoxy) is 1. The first-order chi connectivity index (χ1) is 10.2. The number of aliphatic hydroxyl groups excluding tert-OH is 1. The number of hydrogen-bond acceptors (Lipinski definition) is 5. The van der Waals surface area contributed by atoms with Crippen molar-refractivity contribution >= 4 is 5.69 Å². The molecule has 0 unspecified atom stereocenters. The number of nitrogens with zero attached hydrogens (tertiary/aromatic N) is 2. The summed E-state index contributed by atoms with van der Waals surface area (Å²) >= 11 is 0. The number of non-ortho nitro benzene ring substituents is 1. The van der Waals surface area contributed by atoms with Gasteiger partial charge in [-0.2, -0.15) is 0 Å². The number of rotatable bonds is 7. The van der Waals surface area contributed by atoms with Crippen LogP contribution < -0.4 is 0 Å². The second kappa shape index (κ2) is 8.07. The summed E-state index contributed by atoms with van der Waals surface area (Å²) < 4.78 is 5.54. The highest BCUT2D eigenvalue weighted by molar-refractivity contribution is 5.32. The summed E-state index contributed by atoms with van der Waals surface area (Å²) in [5.41, 5.74) is 1.26. The molecular weight excluding hydrogens is 272 g/mol. The molecule has 1 fully saturated rings.